The van der Waals surface area contributed by atoms with Gasteiger partial charge in [0.2, 0.25) is 0 Å². The molecule has 0 aliphatic rings. The molecule has 0 aliphatic heterocycles. The minimum absolute atomic E-state index is 0.0875. The average molecular weight is 335 g/mol. The standard InChI is InChI=1S/C14H19ClO5S/c1-3-4-5-6-9-20-14(16)11-7-8-12(19-2)13(10-11)21(15,17)18/h7-8,10H,3-6,9H2,1-2H3. The predicted molar refractivity (Wildman–Crippen MR) is 80.5 cm³/mol. The molecule has 1 aromatic carbocycles. The molecule has 0 saturated heterocycles. The zero-order valence-electron chi connectivity index (χ0n) is 12.1. The highest BCUT2D eigenvalue weighted by Gasteiger charge is 2.19. The predicted octanol–water partition coefficient (Wildman–Crippen LogP) is 3.36. The third-order valence-corrected chi connectivity index (χ3v) is 4.24. The Kier molecular flexibility index (Phi) is 6.98. The molecule has 1 rings (SSSR count). The molecule has 0 atom stereocenters. The van der Waals surface area contributed by atoms with Gasteiger partial charge in [0.25, 0.3) is 9.05 Å². The van der Waals surface area contributed by atoms with Crippen molar-refractivity contribution >= 4 is 25.7 Å². The summed E-state index contributed by atoms with van der Waals surface area (Å²) in [4.78, 5) is 11.6. The lowest BCUT2D eigenvalue weighted by Gasteiger charge is -2.08. The molecule has 0 aromatic heterocycles. The SMILES string of the molecule is CCCCCCOC(=O)c1ccc(OC)c(S(=O)(=O)Cl)c1. The van der Waals surface area contributed by atoms with Crippen molar-refractivity contribution in [1.29, 1.82) is 0 Å². The largest absolute Gasteiger partial charge is 0.495 e. The van der Waals surface area contributed by atoms with Crippen molar-refractivity contribution in [3.63, 3.8) is 0 Å². The number of halogens is 1. The van der Waals surface area contributed by atoms with Crippen LogP contribution in [0.1, 0.15) is 43.0 Å². The number of esters is 1. The van der Waals surface area contributed by atoms with Gasteiger partial charge in [-0.2, -0.15) is 0 Å². The van der Waals surface area contributed by atoms with Crippen molar-refractivity contribution < 1.29 is 22.7 Å². The van der Waals surface area contributed by atoms with Crippen LogP contribution >= 0.6 is 10.7 Å². The van der Waals surface area contributed by atoms with Gasteiger partial charge in [-0.15, -0.1) is 0 Å². The quantitative estimate of drug-likeness (QED) is 0.414. The van der Waals surface area contributed by atoms with E-state index in [2.05, 4.69) is 6.92 Å². The number of rotatable bonds is 8. The van der Waals surface area contributed by atoms with E-state index in [0.29, 0.717) is 6.61 Å². The number of carbonyl (C=O) groups is 1. The molecule has 0 fully saturated rings. The van der Waals surface area contributed by atoms with E-state index in [9.17, 15) is 13.2 Å². The second-order valence-electron chi connectivity index (χ2n) is 4.50. The molecule has 0 radical (unpaired) electrons. The average Bonchev–Trinajstić information content (AvgIpc) is 2.45. The van der Waals surface area contributed by atoms with Gasteiger partial charge in [-0.25, -0.2) is 13.2 Å². The number of ether oxygens (including phenoxy) is 2. The zero-order chi connectivity index (χ0) is 15.9. The Morgan fingerprint density at radius 1 is 1.24 bits per heavy atom. The Labute approximate surface area is 129 Å². The first-order valence-corrected chi connectivity index (χ1v) is 9.01. The molecule has 0 saturated carbocycles. The fourth-order valence-corrected chi connectivity index (χ4v) is 2.79. The third kappa shape index (κ3) is 5.55. The summed E-state index contributed by atoms with van der Waals surface area (Å²) in [5.41, 5.74) is 0.130. The highest BCUT2D eigenvalue weighted by atomic mass is 35.7. The minimum Gasteiger partial charge on any atom is -0.495 e. The summed E-state index contributed by atoms with van der Waals surface area (Å²) in [5.74, 6) is -0.486. The van der Waals surface area contributed by atoms with Gasteiger partial charge < -0.3 is 9.47 Å². The van der Waals surface area contributed by atoms with Crippen LogP contribution in [0, 0.1) is 0 Å². The lowest BCUT2D eigenvalue weighted by molar-refractivity contribution is 0.0497. The molecular weight excluding hydrogens is 316 g/mol. The fourth-order valence-electron chi connectivity index (χ4n) is 1.77. The minimum atomic E-state index is -3.99. The Morgan fingerprint density at radius 2 is 1.95 bits per heavy atom. The van der Waals surface area contributed by atoms with E-state index in [1.807, 2.05) is 0 Å². The molecule has 0 spiro atoms. The summed E-state index contributed by atoms with van der Waals surface area (Å²) in [7, 11) is 2.65. The van der Waals surface area contributed by atoms with E-state index < -0.39 is 15.0 Å². The zero-order valence-corrected chi connectivity index (χ0v) is 13.7. The number of carbonyl (C=O) groups excluding carboxylic acids is 1. The number of hydrogen-bond donors (Lipinski definition) is 0. The molecule has 7 heteroatoms. The first-order chi connectivity index (χ1) is 9.90. The van der Waals surface area contributed by atoms with Crippen molar-refractivity contribution in [2.24, 2.45) is 0 Å². The Hall–Kier alpha value is -1.27. The monoisotopic (exact) mass is 334 g/mol. The first-order valence-electron chi connectivity index (χ1n) is 6.70. The molecule has 0 heterocycles. The van der Waals surface area contributed by atoms with E-state index in [-0.39, 0.29) is 16.2 Å². The van der Waals surface area contributed by atoms with Gasteiger partial charge in [-0.1, -0.05) is 26.2 Å². The summed E-state index contributed by atoms with van der Waals surface area (Å²) >= 11 is 0. The molecule has 0 bridgehead atoms. The number of unbranched alkanes of at least 4 members (excludes halogenated alkanes) is 3. The van der Waals surface area contributed by atoms with Gasteiger partial charge in [0, 0.05) is 10.7 Å². The second-order valence-corrected chi connectivity index (χ2v) is 7.03. The maximum Gasteiger partial charge on any atom is 0.338 e. The van der Waals surface area contributed by atoms with Gasteiger partial charge in [0.05, 0.1) is 19.3 Å². The highest BCUT2D eigenvalue weighted by Crippen LogP contribution is 2.28. The first kappa shape index (κ1) is 17.8. The van der Waals surface area contributed by atoms with E-state index in [1.165, 1.54) is 19.2 Å². The van der Waals surface area contributed by atoms with Crippen molar-refractivity contribution in [2.75, 3.05) is 13.7 Å². The van der Waals surface area contributed by atoms with E-state index in [0.717, 1.165) is 31.7 Å². The topological polar surface area (TPSA) is 69.7 Å². The third-order valence-electron chi connectivity index (χ3n) is 2.89. The van der Waals surface area contributed by atoms with Gasteiger partial charge in [-0.05, 0) is 24.6 Å². The molecule has 5 nitrogen and oxygen atoms in total. The molecule has 118 valence electrons. The summed E-state index contributed by atoms with van der Waals surface area (Å²) < 4.78 is 32.9. The van der Waals surface area contributed by atoms with Crippen LogP contribution in [0.3, 0.4) is 0 Å². The van der Waals surface area contributed by atoms with Crippen LogP contribution < -0.4 is 4.74 Å². The second kappa shape index (κ2) is 8.24. The molecule has 0 N–H and O–H groups in total. The Morgan fingerprint density at radius 3 is 2.52 bits per heavy atom. The van der Waals surface area contributed by atoms with Crippen LogP contribution in [0.5, 0.6) is 5.75 Å². The Balaban J connectivity index is 2.77. The van der Waals surface area contributed by atoms with Crippen LogP contribution in [0.15, 0.2) is 23.1 Å². The van der Waals surface area contributed by atoms with E-state index in [4.69, 9.17) is 20.2 Å². The van der Waals surface area contributed by atoms with Gasteiger partial charge in [0.15, 0.2) is 0 Å². The molecular formula is C14H19ClO5S. The molecule has 0 unspecified atom stereocenters. The lowest BCUT2D eigenvalue weighted by atomic mass is 10.2. The summed E-state index contributed by atoms with van der Waals surface area (Å²) in [5, 5.41) is 0. The number of hydrogen-bond acceptors (Lipinski definition) is 5. The van der Waals surface area contributed by atoms with Crippen LogP contribution in [0.25, 0.3) is 0 Å². The number of benzene rings is 1. The summed E-state index contributed by atoms with van der Waals surface area (Å²) in [6.07, 6.45) is 3.97. The lowest BCUT2D eigenvalue weighted by Crippen LogP contribution is -2.08. The van der Waals surface area contributed by atoms with E-state index in [1.54, 1.807) is 0 Å². The van der Waals surface area contributed by atoms with Crippen molar-refractivity contribution in [1.82, 2.24) is 0 Å². The van der Waals surface area contributed by atoms with Crippen LogP contribution in [-0.4, -0.2) is 28.1 Å². The number of methoxy groups -OCH3 is 1. The maximum absolute atomic E-state index is 11.9. The molecule has 0 aliphatic carbocycles. The van der Waals surface area contributed by atoms with Gasteiger partial charge in [-0.3, -0.25) is 0 Å². The van der Waals surface area contributed by atoms with Crippen molar-refractivity contribution in [3.05, 3.63) is 23.8 Å². The van der Waals surface area contributed by atoms with Gasteiger partial charge >= 0.3 is 5.97 Å². The normalized spacial score (nSPS) is 11.2. The molecule has 21 heavy (non-hydrogen) atoms. The smallest absolute Gasteiger partial charge is 0.338 e. The molecule has 1 aromatic rings. The molecule has 0 amide bonds. The van der Waals surface area contributed by atoms with Crippen molar-refractivity contribution in [2.45, 2.75) is 37.5 Å². The maximum atomic E-state index is 11.9. The van der Waals surface area contributed by atoms with Crippen molar-refractivity contribution in [3.8, 4) is 5.75 Å². The van der Waals surface area contributed by atoms with Gasteiger partial charge in [0.1, 0.15) is 10.6 Å². The van der Waals surface area contributed by atoms with Crippen LogP contribution in [0.4, 0.5) is 0 Å². The van der Waals surface area contributed by atoms with Crippen LogP contribution in [-0.2, 0) is 13.8 Å². The van der Waals surface area contributed by atoms with E-state index >= 15 is 0 Å². The Bertz CT molecular complexity index is 583. The summed E-state index contributed by atoms with van der Waals surface area (Å²) in [6.45, 7) is 2.41. The highest BCUT2D eigenvalue weighted by molar-refractivity contribution is 8.13. The fraction of sp³-hybridized carbons (Fsp3) is 0.500. The summed E-state index contributed by atoms with van der Waals surface area (Å²) in [6, 6.07) is 3.98. The van der Waals surface area contributed by atoms with Crippen LogP contribution in [0.2, 0.25) is 0 Å².